The van der Waals surface area contributed by atoms with E-state index in [9.17, 15) is 8.78 Å². The Morgan fingerprint density at radius 1 is 1.26 bits per heavy atom. The van der Waals surface area contributed by atoms with Gasteiger partial charge in [0.05, 0.1) is 5.69 Å². The third-order valence-corrected chi connectivity index (χ3v) is 3.72. The maximum absolute atomic E-state index is 13.9. The van der Waals surface area contributed by atoms with Gasteiger partial charge in [-0.15, -0.1) is 0 Å². The number of rotatable bonds is 1. The molecule has 1 aliphatic heterocycles. The van der Waals surface area contributed by atoms with Crippen LogP contribution in [0.5, 0.6) is 0 Å². The van der Waals surface area contributed by atoms with Gasteiger partial charge < -0.3 is 10.2 Å². The second-order valence-corrected chi connectivity index (χ2v) is 6.25. The Labute approximate surface area is 113 Å². The van der Waals surface area contributed by atoms with E-state index in [4.69, 9.17) is 0 Å². The number of benzene rings is 1. The molecule has 1 aromatic carbocycles. The second-order valence-electron chi connectivity index (χ2n) is 6.25. The molecule has 0 radical (unpaired) electrons. The highest BCUT2D eigenvalue weighted by Crippen LogP contribution is 2.27. The van der Waals surface area contributed by atoms with E-state index in [1.807, 2.05) is 4.90 Å². The van der Waals surface area contributed by atoms with Crippen LogP contribution in [0.2, 0.25) is 0 Å². The molecule has 106 valence electrons. The third-order valence-electron chi connectivity index (χ3n) is 3.72. The fraction of sp³-hybridized carbons (Fsp3) is 0.600. The van der Waals surface area contributed by atoms with Crippen molar-refractivity contribution in [3.05, 3.63) is 29.8 Å². The van der Waals surface area contributed by atoms with Gasteiger partial charge in [-0.1, -0.05) is 26.8 Å². The number of hydrogen-bond acceptors (Lipinski definition) is 2. The van der Waals surface area contributed by atoms with Crippen LogP contribution in [0.3, 0.4) is 0 Å². The number of halogens is 2. The largest absolute Gasteiger partial charge is 0.367 e. The molecule has 0 amide bonds. The van der Waals surface area contributed by atoms with Gasteiger partial charge in [-0.25, -0.2) is 8.78 Å². The maximum atomic E-state index is 13.9. The molecule has 1 unspecified atom stereocenters. The summed E-state index contributed by atoms with van der Waals surface area (Å²) in [5, 5.41) is 3.50. The lowest BCUT2D eigenvalue weighted by Gasteiger charge is -2.34. The average Bonchev–Trinajstić information content (AvgIpc) is 2.58. The molecule has 0 aromatic heterocycles. The van der Waals surface area contributed by atoms with E-state index in [2.05, 4.69) is 26.1 Å². The van der Waals surface area contributed by atoms with Crippen molar-refractivity contribution in [3.8, 4) is 0 Å². The molecule has 4 heteroatoms. The van der Waals surface area contributed by atoms with Crippen LogP contribution < -0.4 is 10.2 Å². The lowest BCUT2D eigenvalue weighted by atomic mass is 9.86. The van der Waals surface area contributed by atoms with Gasteiger partial charge >= 0.3 is 0 Å². The molecular formula is C15H22F2N2. The number of nitrogens with one attached hydrogen (secondary N) is 1. The summed E-state index contributed by atoms with van der Waals surface area (Å²) in [7, 11) is 0. The van der Waals surface area contributed by atoms with Crippen LogP contribution in [-0.2, 0) is 0 Å². The van der Waals surface area contributed by atoms with Gasteiger partial charge in [0.2, 0.25) is 0 Å². The lowest BCUT2D eigenvalue weighted by molar-refractivity contribution is 0.280. The molecule has 0 saturated carbocycles. The van der Waals surface area contributed by atoms with Crippen molar-refractivity contribution in [2.45, 2.75) is 33.2 Å². The Balaban J connectivity index is 2.25. The summed E-state index contributed by atoms with van der Waals surface area (Å²) >= 11 is 0. The fourth-order valence-corrected chi connectivity index (χ4v) is 2.46. The minimum Gasteiger partial charge on any atom is -0.367 e. The molecule has 1 aliphatic rings. The van der Waals surface area contributed by atoms with Crippen LogP contribution in [0.4, 0.5) is 14.5 Å². The predicted molar refractivity (Wildman–Crippen MR) is 74.4 cm³/mol. The van der Waals surface area contributed by atoms with E-state index in [0.717, 1.165) is 25.6 Å². The summed E-state index contributed by atoms with van der Waals surface area (Å²) in [6.07, 6.45) is 0.933. The highest BCUT2D eigenvalue weighted by molar-refractivity contribution is 5.48. The Kier molecular flexibility index (Phi) is 4.09. The van der Waals surface area contributed by atoms with Crippen molar-refractivity contribution in [1.82, 2.24) is 5.32 Å². The molecule has 2 rings (SSSR count). The summed E-state index contributed by atoms with van der Waals surface area (Å²) in [4.78, 5) is 1.95. The number of anilines is 1. The minimum atomic E-state index is -0.776. The molecule has 1 aromatic rings. The molecule has 1 N–H and O–H groups in total. The normalized spacial score (nSPS) is 21.3. The first kappa shape index (κ1) is 14.3. The molecule has 0 spiro atoms. The van der Waals surface area contributed by atoms with E-state index in [0.29, 0.717) is 12.2 Å². The van der Waals surface area contributed by atoms with Crippen molar-refractivity contribution in [1.29, 1.82) is 0 Å². The summed E-state index contributed by atoms with van der Waals surface area (Å²) in [5.74, 6) is -1.51. The summed E-state index contributed by atoms with van der Waals surface area (Å²) in [6.45, 7) is 8.85. The molecule has 1 atom stereocenters. The molecule has 0 aliphatic carbocycles. The van der Waals surface area contributed by atoms with Gasteiger partial charge in [0, 0.05) is 19.1 Å². The SMILES string of the molecule is CC(C)(C)C1CN(c2cccc(F)c2F)CCCN1. The van der Waals surface area contributed by atoms with Crippen LogP contribution in [0, 0.1) is 17.0 Å². The van der Waals surface area contributed by atoms with Crippen LogP contribution in [0.15, 0.2) is 18.2 Å². The first-order chi connectivity index (χ1) is 8.89. The smallest absolute Gasteiger partial charge is 0.182 e. The van der Waals surface area contributed by atoms with Crippen LogP contribution in [-0.4, -0.2) is 25.7 Å². The molecule has 1 saturated heterocycles. The van der Waals surface area contributed by atoms with Crippen molar-refractivity contribution >= 4 is 5.69 Å². The Bertz CT molecular complexity index is 440. The minimum absolute atomic E-state index is 0.0897. The first-order valence-electron chi connectivity index (χ1n) is 6.82. The maximum Gasteiger partial charge on any atom is 0.182 e. The molecule has 0 bridgehead atoms. The van der Waals surface area contributed by atoms with Crippen molar-refractivity contribution in [3.63, 3.8) is 0 Å². The highest BCUT2D eigenvalue weighted by Gasteiger charge is 2.29. The monoisotopic (exact) mass is 268 g/mol. The van der Waals surface area contributed by atoms with Gasteiger partial charge in [-0.2, -0.15) is 0 Å². The summed E-state index contributed by atoms with van der Waals surface area (Å²) in [6, 6.07) is 4.65. The fourth-order valence-electron chi connectivity index (χ4n) is 2.46. The van der Waals surface area contributed by atoms with Crippen LogP contribution >= 0.6 is 0 Å². The zero-order valence-electron chi connectivity index (χ0n) is 11.8. The summed E-state index contributed by atoms with van der Waals surface area (Å²) < 4.78 is 27.3. The second kappa shape index (κ2) is 5.45. The Morgan fingerprint density at radius 2 is 2.00 bits per heavy atom. The first-order valence-corrected chi connectivity index (χ1v) is 6.82. The third kappa shape index (κ3) is 3.24. The molecule has 1 fully saturated rings. The van der Waals surface area contributed by atoms with Crippen molar-refractivity contribution in [2.24, 2.45) is 5.41 Å². The number of nitrogens with zero attached hydrogens (tertiary/aromatic N) is 1. The zero-order chi connectivity index (χ0) is 14.0. The van der Waals surface area contributed by atoms with Crippen LogP contribution in [0.1, 0.15) is 27.2 Å². The molecule has 2 nitrogen and oxygen atoms in total. The highest BCUT2D eigenvalue weighted by atomic mass is 19.2. The zero-order valence-corrected chi connectivity index (χ0v) is 11.8. The molecular weight excluding hydrogens is 246 g/mol. The average molecular weight is 268 g/mol. The van der Waals surface area contributed by atoms with Gasteiger partial charge in [-0.3, -0.25) is 0 Å². The Hall–Kier alpha value is -1.16. The quantitative estimate of drug-likeness (QED) is 0.841. The van der Waals surface area contributed by atoms with Gasteiger partial charge in [-0.05, 0) is 30.5 Å². The van der Waals surface area contributed by atoms with Gasteiger partial charge in [0.25, 0.3) is 0 Å². The van der Waals surface area contributed by atoms with Gasteiger partial charge in [0.1, 0.15) is 0 Å². The predicted octanol–water partition coefficient (Wildman–Crippen LogP) is 3.18. The van der Waals surface area contributed by atoms with Crippen molar-refractivity contribution in [2.75, 3.05) is 24.5 Å². The van der Waals surface area contributed by atoms with Crippen molar-refractivity contribution < 1.29 is 8.78 Å². The van der Waals surface area contributed by atoms with Gasteiger partial charge in [0.15, 0.2) is 11.6 Å². The van der Waals surface area contributed by atoms with E-state index >= 15 is 0 Å². The lowest BCUT2D eigenvalue weighted by Crippen LogP contribution is -2.46. The van der Waals surface area contributed by atoms with E-state index in [-0.39, 0.29) is 11.5 Å². The van der Waals surface area contributed by atoms with E-state index in [1.54, 1.807) is 12.1 Å². The summed E-state index contributed by atoms with van der Waals surface area (Å²) in [5.41, 5.74) is 0.463. The topological polar surface area (TPSA) is 15.3 Å². The van der Waals surface area contributed by atoms with Crippen LogP contribution in [0.25, 0.3) is 0 Å². The standard InChI is InChI=1S/C15H22F2N2/c1-15(2,3)13-10-19(9-5-8-18-13)12-7-4-6-11(16)14(12)17/h4,6-7,13,18H,5,8-10H2,1-3H3. The number of hydrogen-bond donors (Lipinski definition) is 1. The van der Waals surface area contributed by atoms with E-state index in [1.165, 1.54) is 0 Å². The van der Waals surface area contributed by atoms with E-state index < -0.39 is 11.6 Å². The Morgan fingerprint density at radius 3 is 2.68 bits per heavy atom. The molecule has 19 heavy (non-hydrogen) atoms. The molecule has 1 heterocycles.